The summed E-state index contributed by atoms with van der Waals surface area (Å²) in [5, 5.41) is 7.59. The molecule has 0 aliphatic carbocycles. The number of amides is 1. The SMILES string of the molecule is O=C(c1ccc(C(F)(F)F)cn1)N1CCC[C@H]1Cn1ccnn1. The molecule has 0 N–H and O–H groups in total. The van der Waals surface area contributed by atoms with E-state index in [0.29, 0.717) is 19.3 Å². The number of nitrogens with zero attached hydrogens (tertiary/aromatic N) is 5. The first kappa shape index (κ1) is 15.4. The highest BCUT2D eigenvalue weighted by Gasteiger charge is 2.33. The molecule has 1 aliphatic rings. The van der Waals surface area contributed by atoms with Crippen molar-refractivity contribution in [2.24, 2.45) is 0 Å². The second kappa shape index (κ2) is 5.98. The highest BCUT2D eigenvalue weighted by molar-refractivity contribution is 5.92. The molecule has 0 saturated carbocycles. The Morgan fingerprint density at radius 2 is 2.17 bits per heavy atom. The molecule has 1 fully saturated rings. The fourth-order valence-electron chi connectivity index (χ4n) is 2.67. The molecule has 9 heteroatoms. The van der Waals surface area contributed by atoms with E-state index in [9.17, 15) is 18.0 Å². The molecule has 3 rings (SSSR count). The van der Waals surface area contributed by atoms with Crippen LogP contribution in [0, 0.1) is 0 Å². The third kappa shape index (κ3) is 3.33. The van der Waals surface area contributed by atoms with Gasteiger partial charge in [0.2, 0.25) is 0 Å². The molecule has 0 spiro atoms. The second-order valence-electron chi connectivity index (χ2n) is 5.35. The summed E-state index contributed by atoms with van der Waals surface area (Å²) in [5.74, 6) is -0.360. The Kier molecular flexibility index (Phi) is 4.01. The van der Waals surface area contributed by atoms with Gasteiger partial charge in [0.15, 0.2) is 0 Å². The maximum Gasteiger partial charge on any atom is 0.417 e. The smallest absolute Gasteiger partial charge is 0.332 e. The minimum atomic E-state index is -4.46. The van der Waals surface area contributed by atoms with Gasteiger partial charge < -0.3 is 4.90 Å². The lowest BCUT2D eigenvalue weighted by molar-refractivity contribution is -0.137. The Morgan fingerprint density at radius 1 is 1.35 bits per heavy atom. The largest absolute Gasteiger partial charge is 0.417 e. The van der Waals surface area contributed by atoms with E-state index in [1.807, 2.05) is 0 Å². The number of pyridine rings is 1. The summed E-state index contributed by atoms with van der Waals surface area (Å²) in [6, 6.07) is 1.94. The quantitative estimate of drug-likeness (QED) is 0.866. The summed E-state index contributed by atoms with van der Waals surface area (Å²) in [4.78, 5) is 17.8. The maximum absolute atomic E-state index is 12.5. The van der Waals surface area contributed by atoms with Crippen LogP contribution in [0.25, 0.3) is 0 Å². The van der Waals surface area contributed by atoms with Gasteiger partial charge in [0.05, 0.1) is 24.3 Å². The lowest BCUT2D eigenvalue weighted by atomic mass is 10.2. The molecule has 6 nitrogen and oxygen atoms in total. The van der Waals surface area contributed by atoms with Crippen LogP contribution < -0.4 is 0 Å². The lowest BCUT2D eigenvalue weighted by Crippen LogP contribution is -2.38. The summed E-state index contributed by atoms with van der Waals surface area (Å²) in [7, 11) is 0. The number of alkyl halides is 3. The molecule has 1 atom stereocenters. The predicted molar refractivity (Wildman–Crippen MR) is 73.3 cm³/mol. The molecular formula is C14H14F3N5O. The molecule has 0 bridgehead atoms. The van der Waals surface area contributed by atoms with Gasteiger partial charge in [0.25, 0.3) is 5.91 Å². The Balaban J connectivity index is 1.73. The molecule has 1 amide bonds. The van der Waals surface area contributed by atoms with Crippen LogP contribution >= 0.6 is 0 Å². The summed E-state index contributed by atoms with van der Waals surface area (Å²) >= 11 is 0. The van der Waals surface area contributed by atoms with Gasteiger partial charge in [-0.1, -0.05) is 5.21 Å². The zero-order valence-corrected chi connectivity index (χ0v) is 12.1. The van der Waals surface area contributed by atoms with Crippen molar-refractivity contribution in [1.29, 1.82) is 0 Å². The highest BCUT2D eigenvalue weighted by Crippen LogP contribution is 2.29. The number of carbonyl (C=O) groups is 1. The monoisotopic (exact) mass is 325 g/mol. The van der Waals surface area contributed by atoms with Crippen molar-refractivity contribution in [3.8, 4) is 0 Å². The molecule has 0 radical (unpaired) electrons. The van der Waals surface area contributed by atoms with Gasteiger partial charge >= 0.3 is 6.18 Å². The second-order valence-corrected chi connectivity index (χ2v) is 5.35. The highest BCUT2D eigenvalue weighted by atomic mass is 19.4. The molecule has 0 aromatic carbocycles. The Hall–Kier alpha value is -2.45. The standard InChI is InChI=1S/C14H14F3N5O/c15-14(16,17)10-3-4-12(18-8-10)13(23)22-6-1-2-11(22)9-21-7-5-19-20-21/h3-5,7-8,11H,1-2,6,9H2/t11-/m0/s1. The summed E-state index contributed by atoms with van der Waals surface area (Å²) in [6.45, 7) is 1.06. The average Bonchev–Trinajstić information content (AvgIpc) is 3.18. The number of hydrogen-bond acceptors (Lipinski definition) is 4. The van der Waals surface area contributed by atoms with Crippen LogP contribution in [0.2, 0.25) is 0 Å². The van der Waals surface area contributed by atoms with Crippen LogP contribution in [0.3, 0.4) is 0 Å². The molecule has 2 aromatic rings. The number of carbonyl (C=O) groups excluding carboxylic acids is 1. The molecule has 1 aliphatic heterocycles. The van der Waals surface area contributed by atoms with E-state index in [4.69, 9.17) is 0 Å². The fraction of sp³-hybridized carbons (Fsp3) is 0.429. The first-order valence-corrected chi connectivity index (χ1v) is 7.13. The van der Waals surface area contributed by atoms with Gasteiger partial charge in [-0.2, -0.15) is 13.2 Å². The Morgan fingerprint density at radius 3 is 2.78 bits per heavy atom. The van der Waals surface area contributed by atoms with Gasteiger partial charge in [-0.3, -0.25) is 14.5 Å². The summed E-state index contributed by atoms with van der Waals surface area (Å²) in [5.41, 5.74) is -0.849. The third-order valence-electron chi connectivity index (χ3n) is 3.82. The first-order chi connectivity index (χ1) is 10.9. The zero-order valence-electron chi connectivity index (χ0n) is 12.1. The van der Waals surface area contributed by atoms with Crippen molar-refractivity contribution >= 4 is 5.91 Å². The van der Waals surface area contributed by atoms with Crippen molar-refractivity contribution < 1.29 is 18.0 Å². The summed E-state index contributed by atoms with van der Waals surface area (Å²) < 4.78 is 39.3. The van der Waals surface area contributed by atoms with E-state index in [0.717, 1.165) is 25.0 Å². The fourth-order valence-corrected chi connectivity index (χ4v) is 2.67. The van der Waals surface area contributed by atoms with Gasteiger partial charge in [-0.15, -0.1) is 5.10 Å². The summed E-state index contributed by atoms with van der Waals surface area (Å²) in [6.07, 6.45) is 1.14. The topological polar surface area (TPSA) is 63.9 Å². The Bertz CT molecular complexity index is 669. The molecule has 3 heterocycles. The van der Waals surface area contributed by atoms with Gasteiger partial charge in [-0.05, 0) is 25.0 Å². The van der Waals surface area contributed by atoms with Crippen molar-refractivity contribution in [3.05, 3.63) is 42.0 Å². The molecule has 122 valence electrons. The maximum atomic E-state index is 12.5. The zero-order chi connectivity index (χ0) is 16.4. The normalized spacial score (nSPS) is 18.4. The van der Waals surface area contributed by atoms with E-state index in [-0.39, 0.29) is 17.6 Å². The van der Waals surface area contributed by atoms with Gasteiger partial charge in [0, 0.05) is 18.9 Å². The average molecular weight is 325 g/mol. The van der Waals surface area contributed by atoms with E-state index >= 15 is 0 Å². The van der Waals surface area contributed by atoms with E-state index < -0.39 is 11.7 Å². The van der Waals surface area contributed by atoms with E-state index in [1.165, 1.54) is 0 Å². The number of likely N-dealkylation sites (tertiary alicyclic amines) is 1. The van der Waals surface area contributed by atoms with Crippen LogP contribution in [0.5, 0.6) is 0 Å². The lowest BCUT2D eigenvalue weighted by Gasteiger charge is -2.24. The molecule has 2 aromatic heterocycles. The van der Waals surface area contributed by atoms with Crippen molar-refractivity contribution in [2.45, 2.75) is 31.6 Å². The first-order valence-electron chi connectivity index (χ1n) is 7.13. The Labute approximate surface area is 129 Å². The number of rotatable bonds is 3. The van der Waals surface area contributed by atoms with Crippen molar-refractivity contribution in [2.75, 3.05) is 6.54 Å². The van der Waals surface area contributed by atoms with E-state index in [1.54, 1.807) is 22.0 Å². The van der Waals surface area contributed by atoms with Crippen LogP contribution in [0.15, 0.2) is 30.7 Å². The number of hydrogen-bond donors (Lipinski definition) is 0. The van der Waals surface area contributed by atoms with Gasteiger partial charge in [-0.25, -0.2) is 0 Å². The predicted octanol–water partition coefficient (Wildman–Crippen LogP) is 2.00. The number of halogens is 3. The minimum absolute atomic E-state index is 0.0171. The molecule has 1 saturated heterocycles. The number of aromatic nitrogens is 4. The minimum Gasteiger partial charge on any atom is -0.332 e. The van der Waals surface area contributed by atoms with E-state index in [2.05, 4.69) is 15.3 Å². The van der Waals surface area contributed by atoms with Crippen LogP contribution in [-0.4, -0.2) is 43.4 Å². The van der Waals surface area contributed by atoms with Crippen molar-refractivity contribution in [3.63, 3.8) is 0 Å². The van der Waals surface area contributed by atoms with Crippen LogP contribution in [0.4, 0.5) is 13.2 Å². The third-order valence-corrected chi connectivity index (χ3v) is 3.82. The molecule has 23 heavy (non-hydrogen) atoms. The van der Waals surface area contributed by atoms with Crippen LogP contribution in [-0.2, 0) is 12.7 Å². The molecular weight excluding hydrogens is 311 g/mol. The van der Waals surface area contributed by atoms with Crippen LogP contribution in [0.1, 0.15) is 28.9 Å². The van der Waals surface area contributed by atoms with Crippen molar-refractivity contribution in [1.82, 2.24) is 24.9 Å². The molecule has 0 unspecified atom stereocenters. The van der Waals surface area contributed by atoms with Gasteiger partial charge in [0.1, 0.15) is 5.69 Å².